The Bertz CT molecular complexity index is 522. The lowest BCUT2D eigenvalue weighted by atomic mass is 10.1. The minimum absolute atomic E-state index is 0.173. The lowest BCUT2D eigenvalue weighted by Gasteiger charge is -2.12. The van der Waals surface area contributed by atoms with E-state index >= 15 is 0 Å². The van der Waals surface area contributed by atoms with Gasteiger partial charge in [-0.25, -0.2) is 13.8 Å². The van der Waals surface area contributed by atoms with Crippen molar-refractivity contribution in [2.45, 2.75) is 11.1 Å². The fraction of sp³-hybridized carbons (Fsp3) is 0.167. The average molecular weight is 267 g/mol. The fourth-order valence-corrected chi connectivity index (χ4v) is 2.22. The van der Waals surface area contributed by atoms with Crippen molar-refractivity contribution in [1.82, 2.24) is 9.97 Å². The fourth-order valence-electron chi connectivity index (χ4n) is 1.42. The standard InChI is InChI=1S/C12H11F2N3S/c13-8-1-2-10(14)9(5-8)11(15)7-18-12-6-16-3-4-17-12/h1-6,11H,7,15H2. The SMILES string of the molecule is NC(CSc1cnccn1)c1cc(F)ccc1F. The summed E-state index contributed by atoms with van der Waals surface area (Å²) >= 11 is 1.35. The molecule has 2 aromatic rings. The molecule has 1 atom stereocenters. The zero-order valence-corrected chi connectivity index (χ0v) is 10.2. The van der Waals surface area contributed by atoms with Crippen LogP contribution in [0, 0.1) is 11.6 Å². The number of hydrogen-bond acceptors (Lipinski definition) is 4. The van der Waals surface area contributed by atoms with Crippen molar-refractivity contribution >= 4 is 11.8 Å². The molecule has 2 N–H and O–H groups in total. The van der Waals surface area contributed by atoms with E-state index in [2.05, 4.69) is 9.97 Å². The highest BCUT2D eigenvalue weighted by Gasteiger charge is 2.13. The van der Waals surface area contributed by atoms with Gasteiger partial charge in [0.2, 0.25) is 0 Å². The second-order valence-corrected chi connectivity index (χ2v) is 4.67. The maximum atomic E-state index is 13.5. The summed E-state index contributed by atoms with van der Waals surface area (Å²) in [7, 11) is 0. The van der Waals surface area contributed by atoms with Crippen molar-refractivity contribution in [2.75, 3.05) is 5.75 Å². The Morgan fingerprint density at radius 3 is 2.83 bits per heavy atom. The molecule has 2 rings (SSSR count). The van der Waals surface area contributed by atoms with E-state index in [0.717, 1.165) is 18.2 Å². The van der Waals surface area contributed by atoms with Crippen molar-refractivity contribution in [1.29, 1.82) is 0 Å². The molecule has 1 heterocycles. The van der Waals surface area contributed by atoms with E-state index in [0.29, 0.717) is 10.8 Å². The van der Waals surface area contributed by atoms with Crippen LogP contribution in [0.1, 0.15) is 11.6 Å². The molecule has 0 radical (unpaired) electrons. The molecule has 0 aliphatic rings. The Balaban J connectivity index is 2.03. The number of nitrogens with zero attached hydrogens (tertiary/aromatic N) is 2. The van der Waals surface area contributed by atoms with E-state index in [1.54, 1.807) is 18.6 Å². The van der Waals surface area contributed by atoms with E-state index in [1.807, 2.05) is 0 Å². The van der Waals surface area contributed by atoms with Gasteiger partial charge in [-0.1, -0.05) is 0 Å². The normalized spacial score (nSPS) is 12.4. The molecule has 3 nitrogen and oxygen atoms in total. The number of benzene rings is 1. The largest absolute Gasteiger partial charge is 0.323 e. The Hall–Kier alpha value is -1.53. The van der Waals surface area contributed by atoms with Crippen LogP contribution in [-0.2, 0) is 0 Å². The van der Waals surface area contributed by atoms with Gasteiger partial charge in [0.1, 0.15) is 16.7 Å². The lowest BCUT2D eigenvalue weighted by Crippen LogP contribution is -2.15. The maximum Gasteiger partial charge on any atom is 0.128 e. The minimum atomic E-state index is -0.590. The van der Waals surface area contributed by atoms with Gasteiger partial charge in [0.05, 0.1) is 6.20 Å². The highest BCUT2D eigenvalue weighted by atomic mass is 32.2. The number of thioether (sulfide) groups is 1. The molecule has 0 amide bonds. The first kappa shape index (κ1) is 12.9. The van der Waals surface area contributed by atoms with E-state index in [9.17, 15) is 8.78 Å². The van der Waals surface area contributed by atoms with Gasteiger partial charge in [-0.3, -0.25) is 4.98 Å². The van der Waals surface area contributed by atoms with Crippen molar-refractivity contribution in [3.63, 3.8) is 0 Å². The van der Waals surface area contributed by atoms with Gasteiger partial charge in [0.25, 0.3) is 0 Å². The van der Waals surface area contributed by atoms with E-state index in [-0.39, 0.29) is 5.56 Å². The molecule has 0 bridgehead atoms. The van der Waals surface area contributed by atoms with Gasteiger partial charge in [-0.05, 0) is 18.2 Å². The van der Waals surface area contributed by atoms with Crippen molar-refractivity contribution in [3.05, 3.63) is 54.0 Å². The predicted molar refractivity (Wildman–Crippen MR) is 66.0 cm³/mol. The van der Waals surface area contributed by atoms with Gasteiger partial charge < -0.3 is 5.73 Å². The molecule has 0 aliphatic heterocycles. The third-order valence-electron chi connectivity index (χ3n) is 2.31. The zero-order valence-electron chi connectivity index (χ0n) is 9.38. The van der Waals surface area contributed by atoms with E-state index in [1.165, 1.54) is 11.8 Å². The second-order valence-electron chi connectivity index (χ2n) is 3.63. The van der Waals surface area contributed by atoms with Crippen LogP contribution >= 0.6 is 11.8 Å². The molecule has 0 spiro atoms. The second kappa shape index (κ2) is 5.88. The van der Waals surface area contributed by atoms with Crippen molar-refractivity contribution in [2.24, 2.45) is 5.73 Å². The number of rotatable bonds is 4. The summed E-state index contributed by atoms with van der Waals surface area (Å²) in [5.41, 5.74) is 6.01. The third kappa shape index (κ3) is 3.24. The Kier molecular flexibility index (Phi) is 4.22. The maximum absolute atomic E-state index is 13.5. The Morgan fingerprint density at radius 1 is 1.28 bits per heavy atom. The first-order valence-electron chi connectivity index (χ1n) is 5.26. The number of hydrogen-bond donors (Lipinski definition) is 1. The smallest absolute Gasteiger partial charge is 0.128 e. The topological polar surface area (TPSA) is 51.8 Å². The van der Waals surface area contributed by atoms with Crippen LogP contribution in [-0.4, -0.2) is 15.7 Å². The van der Waals surface area contributed by atoms with Crippen LogP contribution in [0.5, 0.6) is 0 Å². The molecule has 18 heavy (non-hydrogen) atoms. The molecular weight excluding hydrogens is 256 g/mol. The van der Waals surface area contributed by atoms with Crippen LogP contribution in [0.3, 0.4) is 0 Å². The van der Waals surface area contributed by atoms with Gasteiger partial charge >= 0.3 is 0 Å². The summed E-state index contributed by atoms with van der Waals surface area (Å²) in [5, 5.41) is 0.699. The first-order chi connectivity index (χ1) is 8.66. The quantitative estimate of drug-likeness (QED) is 0.865. The number of nitrogens with two attached hydrogens (primary N) is 1. The molecule has 6 heteroatoms. The van der Waals surface area contributed by atoms with E-state index in [4.69, 9.17) is 5.73 Å². The van der Waals surface area contributed by atoms with Crippen LogP contribution in [0.2, 0.25) is 0 Å². The highest BCUT2D eigenvalue weighted by molar-refractivity contribution is 7.99. The molecule has 0 fully saturated rings. The van der Waals surface area contributed by atoms with Crippen LogP contribution in [0.25, 0.3) is 0 Å². The molecule has 0 aliphatic carbocycles. The Labute approximate surface area is 107 Å². The minimum Gasteiger partial charge on any atom is -0.323 e. The third-order valence-corrected chi connectivity index (χ3v) is 3.34. The number of aromatic nitrogens is 2. The van der Waals surface area contributed by atoms with E-state index < -0.39 is 17.7 Å². The van der Waals surface area contributed by atoms with Crippen LogP contribution < -0.4 is 5.73 Å². The summed E-state index contributed by atoms with van der Waals surface area (Å²) in [5.74, 6) is -0.589. The van der Waals surface area contributed by atoms with Gasteiger partial charge in [-0.15, -0.1) is 11.8 Å². The molecule has 1 aromatic carbocycles. The van der Waals surface area contributed by atoms with Gasteiger partial charge in [-0.2, -0.15) is 0 Å². The van der Waals surface area contributed by atoms with Crippen LogP contribution in [0.4, 0.5) is 8.78 Å². The summed E-state index contributed by atoms with van der Waals surface area (Å²) in [6.45, 7) is 0. The monoisotopic (exact) mass is 267 g/mol. The predicted octanol–water partition coefficient (Wildman–Crippen LogP) is 2.55. The van der Waals surface area contributed by atoms with Gasteiger partial charge in [0, 0.05) is 29.8 Å². The lowest BCUT2D eigenvalue weighted by molar-refractivity contribution is 0.573. The average Bonchev–Trinajstić information content (AvgIpc) is 2.40. The highest BCUT2D eigenvalue weighted by Crippen LogP contribution is 2.23. The molecule has 1 unspecified atom stereocenters. The van der Waals surface area contributed by atoms with Gasteiger partial charge in [0.15, 0.2) is 0 Å². The summed E-state index contributed by atoms with van der Waals surface area (Å²) in [6.07, 6.45) is 4.73. The summed E-state index contributed by atoms with van der Waals surface area (Å²) < 4.78 is 26.5. The molecule has 0 saturated heterocycles. The summed E-state index contributed by atoms with van der Waals surface area (Å²) in [6, 6.07) is 2.68. The van der Waals surface area contributed by atoms with Crippen LogP contribution in [0.15, 0.2) is 41.8 Å². The summed E-state index contributed by atoms with van der Waals surface area (Å²) in [4.78, 5) is 7.97. The molecular formula is C12H11F2N3S. The first-order valence-corrected chi connectivity index (χ1v) is 6.24. The van der Waals surface area contributed by atoms with Crippen molar-refractivity contribution < 1.29 is 8.78 Å². The molecule has 1 aromatic heterocycles. The zero-order chi connectivity index (χ0) is 13.0. The molecule has 94 valence electrons. The molecule has 0 saturated carbocycles. The van der Waals surface area contributed by atoms with Crippen molar-refractivity contribution in [3.8, 4) is 0 Å². The Morgan fingerprint density at radius 2 is 2.11 bits per heavy atom. The number of halogens is 2.